The molecule has 0 aliphatic carbocycles. The lowest BCUT2D eigenvalue weighted by Gasteiger charge is -2.31. The summed E-state index contributed by atoms with van der Waals surface area (Å²) in [6, 6.07) is 9.29. The molecular formula is C14H17F2NO2. The third-order valence-corrected chi connectivity index (χ3v) is 3.07. The Labute approximate surface area is 111 Å². The van der Waals surface area contributed by atoms with Crippen LogP contribution in [0.5, 0.6) is 0 Å². The lowest BCUT2D eigenvalue weighted by Crippen LogP contribution is -2.45. The molecule has 1 aliphatic rings. The van der Waals surface area contributed by atoms with Crippen molar-refractivity contribution in [2.75, 3.05) is 19.6 Å². The molecule has 2 rings (SSSR count). The number of hydrogen-bond donors (Lipinski definition) is 0. The summed E-state index contributed by atoms with van der Waals surface area (Å²) < 4.78 is 31.4. The Bertz CT molecular complexity index is 423. The number of likely N-dealkylation sites (tertiary alicyclic amines) is 1. The van der Waals surface area contributed by atoms with E-state index in [1.165, 1.54) is 4.90 Å². The van der Waals surface area contributed by atoms with E-state index in [2.05, 4.69) is 0 Å². The molecule has 1 heterocycles. The molecule has 0 radical (unpaired) electrons. The van der Waals surface area contributed by atoms with Crippen molar-refractivity contribution in [3.8, 4) is 0 Å². The predicted octanol–water partition coefficient (Wildman–Crippen LogP) is 2.46. The summed E-state index contributed by atoms with van der Waals surface area (Å²) in [7, 11) is 0. The smallest absolute Gasteiger partial charge is 0.320 e. The summed E-state index contributed by atoms with van der Waals surface area (Å²) in [6.45, 7) is 0.287. The van der Waals surface area contributed by atoms with E-state index < -0.39 is 11.9 Å². The van der Waals surface area contributed by atoms with Gasteiger partial charge in [0.05, 0.1) is 13.1 Å². The monoisotopic (exact) mass is 269 g/mol. The first-order valence-electron chi connectivity index (χ1n) is 6.35. The number of alkyl halides is 2. The van der Waals surface area contributed by atoms with Crippen LogP contribution in [-0.4, -0.2) is 36.4 Å². The number of carbonyl (C=O) groups excluding carboxylic acids is 1. The van der Waals surface area contributed by atoms with Crippen molar-refractivity contribution < 1.29 is 18.3 Å². The van der Waals surface area contributed by atoms with Gasteiger partial charge in [0.2, 0.25) is 0 Å². The minimum absolute atomic E-state index is 0.0670. The molecule has 0 aromatic heterocycles. The van der Waals surface area contributed by atoms with Crippen LogP contribution < -0.4 is 0 Å². The van der Waals surface area contributed by atoms with Gasteiger partial charge in [-0.25, -0.2) is 8.78 Å². The number of nitrogens with zero attached hydrogens (tertiary/aromatic N) is 1. The van der Waals surface area contributed by atoms with Gasteiger partial charge in [0.15, 0.2) is 0 Å². The van der Waals surface area contributed by atoms with E-state index in [0.717, 1.165) is 5.56 Å². The Hall–Kier alpha value is -1.49. The maximum atomic E-state index is 13.2. The van der Waals surface area contributed by atoms with Crippen molar-refractivity contribution in [1.29, 1.82) is 0 Å². The second kappa shape index (κ2) is 6.10. The Kier molecular flexibility index (Phi) is 4.47. The van der Waals surface area contributed by atoms with Gasteiger partial charge >= 0.3 is 5.97 Å². The zero-order chi connectivity index (χ0) is 13.7. The molecule has 19 heavy (non-hydrogen) atoms. The van der Waals surface area contributed by atoms with Crippen LogP contribution in [0.2, 0.25) is 0 Å². The third kappa shape index (κ3) is 4.59. The molecule has 0 atom stereocenters. The van der Waals surface area contributed by atoms with E-state index in [1.807, 2.05) is 30.3 Å². The number of ether oxygens (including phenoxy) is 1. The van der Waals surface area contributed by atoms with Crippen LogP contribution in [0.3, 0.4) is 0 Å². The quantitative estimate of drug-likeness (QED) is 0.786. The standard InChI is InChI=1S/C14H17F2NO2/c15-14(16)7-4-8-17(11-14)9-13(18)19-10-12-5-2-1-3-6-12/h1-3,5-6H,4,7-11H2. The Morgan fingerprint density at radius 1 is 1.32 bits per heavy atom. The summed E-state index contributed by atoms with van der Waals surface area (Å²) in [6.07, 6.45) is 0.321. The van der Waals surface area contributed by atoms with Crippen molar-refractivity contribution in [2.24, 2.45) is 0 Å². The van der Waals surface area contributed by atoms with Gasteiger partial charge in [-0.05, 0) is 18.5 Å². The summed E-state index contributed by atoms with van der Waals surface area (Å²) in [4.78, 5) is 13.0. The summed E-state index contributed by atoms with van der Waals surface area (Å²) in [5.41, 5.74) is 0.889. The number of benzene rings is 1. The fraction of sp³-hybridized carbons (Fsp3) is 0.500. The molecule has 0 spiro atoms. The Morgan fingerprint density at radius 3 is 2.74 bits per heavy atom. The van der Waals surface area contributed by atoms with Crippen LogP contribution in [0, 0.1) is 0 Å². The first kappa shape index (κ1) is 13.9. The minimum atomic E-state index is -2.68. The molecule has 0 bridgehead atoms. The van der Waals surface area contributed by atoms with Crippen molar-refractivity contribution in [2.45, 2.75) is 25.4 Å². The number of piperidine rings is 1. The highest BCUT2D eigenvalue weighted by molar-refractivity contribution is 5.71. The molecule has 104 valence electrons. The average Bonchev–Trinajstić information content (AvgIpc) is 2.36. The molecular weight excluding hydrogens is 252 g/mol. The summed E-state index contributed by atoms with van der Waals surface area (Å²) in [5, 5.41) is 0. The minimum Gasteiger partial charge on any atom is -0.460 e. The van der Waals surface area contributed by atoms with Gasteiger partial charge in [-0.15, -0.1) is 0 Å². The predicted molar refractivity (Wildman–Crippen MR) is 66.9 cm³/mol. The Morgan fingerprint density at radius 2 is 2.05 bits per heavy atom. The van der Waals surface area contributed by atoms with Gasteiger partial charge in [-0.2, -0.15) is 0 Å². The van der Waals surface area contributed by atoms with E-state index in [1.54, 1.807) is 0 Å². The topological polar surface area (TPSA) is 29.5 Å². The van der Waals surface area contributed by atoms with Crippen LogP contribution in [0.25, 0.3) is 0 Å². The van der Waals surface area contributed by atoms with Gasteiger partial charge in [0, 0.05) is 6.42 Å². The van der Waals surface area contributed by atoms with Crippen LogP contribution in [0.1, 0.15) is 18.4 Å². The second-order valence-corrected chi connectivity index (χ2v) is 4.82. The molecule has 1 aromatic carbocycles. The zero-order valence-electron chi connectivity index (χ0n) is 10.6. The molecule has 1 fully saturated rings. The van der Waals surface area contributed by atoms with Crippen molar-refractivity contribution in [3.05, 3.63) is 35.9 Å². The molecule has 0 N–H and O–H groups in total. The maximum absolute atomic E-state index is 13.2. The second-order valence-electron chi connectivity index (χ2n) is 4.82. The summed E-state index contributed by atoms with van der Waals surface area (Å²) in [5.74, 6) is -3.14. The molecule has 0 amide bonds. The first-order chi connectivity index (χ1) is 9.05. The molecule has 3 nitrogen and oxygen atoms in total. The largest absolute Gasteiger partial charge is 0.460 e. The number of hydrogen-bond acceptors (Lipinski definition) is 3. The molecule has 1 aliphatic heterocycles. The van der Waals surface area contributed by atoms with Crippen molar-refractivity contribution in [1.82, 2.24) is 4.90 Å². The number of halogens is 2. The molecule has 0 unspecified atom stereocenters. The van der Waals surface area contributed by atoms with Crippen LogP contribution in [-0.2, 0) is 16.1 Å². The van der Waals surface area contributed by atoms with Gasteiger partial charge in [0.25, 0.3) is 5.92 Å². The van der Waals surface area contributed by atoms with Crippen LogP contribution in [0.15, 0.2) is 30.3 Å². The first-order valence-corrected chi connectivity index (χ1v) is 6.35. The van der Waals surface area contributed by atoms with E-state index in [0.29, 0.717) is 13.0 Å². The van der Waals surface area contributed by atoms with Gasteiger partial charge < -0.3 is 4.74 Å². The fourth-order valence-electron chi connectivity index (χ4n) is 2.15. The molecule has 1 aromatic rings. The van der Waals surface area contributed by atoms with Gasteiger partial charge in [-0.1, -0.05) is 30.3 Å². The highest BCUT2D eigenvalue weighted by Crippen LogP contribution is 2.26. The zero-order valence-corrected chi connectivity index (χ0v) is 10.6. The number of carbonyl (C=O) groups is 1. The van der Waals surface area contributed by atoms with Crippen molar-refractivity contribution >= 4 is 5.97 Å². The van der Waals surface area contributed by atoms with Crippen LogP contribution >= 0.6 is 0 Å². The Balaban J connectivity index is 1.75. The molecule has 1 saturated heterocycles. The lowest BCUT2D eigenvalue weighted by molar-refractivity contribution is -0.148. The molecule has 5 heteroatoms. The number of rotatable bonds is 4. The SMILES string of the molecule is O=C(CN1CCCC(F)(F)C1)OCc1ccccc1. The normalized spacial score (nSPS) is 19.1. The van der Waals surface area contributed by atoms with Crippen LogP contribution in [0.4, 0.5) is 8.78 Å². The fourth-order valence-corrected chi connectivity index (χ4v) is 2.15. The van der Waals surface area contributed by atoms with Gasteiger partial charge in [0.1, 0.15) is 6.61 Å². The maximum Gasteiger partial charge on any atom is 0.320 e. The number of esters is 1. The third-order valence-electron chi connectivity index (χ3n) is 3.07. The molecule has 0 saturated carbocycles. The lowest BCUT2D eigenvalue weighted by atomic mass is 10.1. The summed E-state index contributed by atoms with van der Waals surface area (Å²) >= 11 is 0. The van der Waals surface area contributed by atoms with Gasteiger partial charge in [-0.3, -0.25) is 9.69 Å². The highest BCUT2D eigenvalue weighted by atomic mass is 19.3. The average molecular weight is 269 g/mol. The van der Waals surface area contributed by atoms with E-state index in [-0.39, 0.29) is 26.1 Å². The van der Waals surface area contributed by atoms with E-state index in [9.17, 15) is 13.6 Å². The van der Waals surface area contributed by atoms with E-state index in [4.69, 9.17) is 4.74 Å². The van der Waals surface area contributed by atoms with Crippen molar-refractivity contribution in [3.63, 3.8) is 0 Å². The highest BCUT2D eigenvalue weighted by Gasteiger charge is 2.35. The van der Waals surface area contributed by atoms with E-state index >= 15 is 0 Å².